The average Bonchev–Trinajstić information content (AvgIpc) is 2.59. The van der Waals surface area contributed by atoms with E-state index < -0.39 is 5.78 Å². The van der Waals surface area contributed by atoms with Crippen molar-refractivity contribution in [3.8, 4) is 28.7 Å². The number of phenolic OH excluding ortho intramolecular Hbond substituents is 2. The number of rotatable bonds is 6. The predicted molar refractivity (Wildman–Crippen MR) is 89.2 cm³/mol. The summed E-state index contributed by atoms with van der Waals surface area (Å²) in [5.74, 6) is 0.0411. The first-order chi connectivity index (χ1) is 11.5. The van der Waals surface area contributed by atoms with Crippen LogP contribution in [0.2, 0.25) is 0 Å². The molecule has 0 heterocycles. The Kier molecular flexibility index (Phi) is 5.31. The Balaban J connectivity index is 2.28. The second-order valence-corrected chi connectivity index (χ2v) is 4.83. The van der Waals surface area contributed by atoms with Gasteiger partial charge in [-0.2, -0.15) is 0 Å². The Morgan fingerprint density at radius 1 is 0.958 bits per heavy atom. The minimum atomic E-state index is -0.413. The van der Waals surface area contributed by atoms with Gasteiger partial charge in [0.1, 0.15) is 0 Å². The summed E-state index contributed by atoms with van der Waals surface area (Å²) >= 11 is 0. The van der Waals surface area contributed by atoms with Crippen molar-refractivity contribution in [2.45, 2.75) is 0 Å². The SMILES string of the molecule is COc1ccc(/C=C/C(=O)c2ccc(OC)c(OC)c2O)cc1O. The molecule has 6 heteroatoms. The van der Waals surface area contributed by atoms with Crippen molar-refractivity contribution in [2.75, 3.05) is 21.3 Å². The highest BCUT2D eigenvalue weighted by atomic mass is 16.5. The molecule has 2 aromatic carbocycles. The summed E-state index contributed by atoms with van der Waals surface area (Å²) in [5, 5.41) is 19.9. The normalized spacial score (nSPS) is 10.6. The van der Waals surface area contributed by atoms with Crippen LogP contribution >= 0.6 is 0 Å². The van der Waals surface area contributed by atoms with E-state index in [9.17, 15) is 15.0 Å². The van der Waals surface area contributed by atoms with E-state index in [1.807, 2.05) is 0 Å². The van der Waals surface area contributed by atoms with Crippen molar-refractivity contribution in [1.29, 1.82) is 0 Å². The van der Waals surface area contributed by atoms with Crippen LogP contribution in [0.4, 0.5) is 0 Å². The summed E-state index contributed by atoms with van der Waals surface area (Å²) in [4.78, 5) is 12.3. The van der Waals surface area contributed by atoms with Gasteiger partial charge in [-0.3, -0.25) is 4.79 Å². The highest BCUT2D eigenvalue weighted by molar-refractivity contribution is 6.09. The van der Waals surface area contributed by atoms with E-state index in [1.54, 1.807) is 18.2 Å². The van der Waals surface area contributed by atoms with Crippen LogP contribution in [0, 0.1) is 0 Å². The van der Waals surface area contributed by atoms with E-state index in [0.29, 0.717) is 17.1 Å². The maximum Gasteiger partial charge on any atom is 0.203 e. The largest absolute Gasteiger partial charge is 0.504 e. The number of carbonyl (C=O) groups is 1. The van der Waals surface area contributed by atoms with Crippen LogP contribution in [0.25, 0.3) is 6.08 Å². The van der Waals surface area contributed by atoms with Crippen LogP contribution in [-0.4, -0.2) is 37.3 Å². The van der Waals surface area contributed by atoms with Gasteiger partial charge in [0.25, 0.3) is 0 Å². The zero-order chi connectivity index (χ0) is 17.7. The van der Waals surface area contributed by atoms with Crippen LogP contribution in [0.1, 0.15) is 15.9 Å². The average molecular weight is 330 g/mol. The summed E-state index contributed by atoms with van der Waals surface area (Å²) in [6.45, 7) is 0. The first kappa shape index (κ1) is 17.2. The molecule has 0 amide bonds. The molecule has 2 rings (SSSR count). The van der Waals surface area contributed by atoms with E-state index in [-0.39, 0.29) is 22.8 Å². The van der Waals surface area contributed by atoms with Crippen molar-refractivity contribution in [3.05, 3.63) is 47.5 Å². The lowest BCUT2D eigenvalue weighted by Gasteiger charge is -2.11. The monoisotopic (exact) mass is 330 g/mol. The van der Waals surface area contributed by atoms with Crippen molar-refractivity contribution in [3.63, 3.8) is 0 Å². The topological polar surface area (TPSA) is 85.2 Å². The van der Waals surface area contributed by atoms with E-state index in [2.05, 4.69) is 0 Å². The molecule has 0 saturated heterocycles. The molecular weight excluding hydrogens is 312 g/mol. The van der Waals surface area contributed by atoms with Gasteiger partial charge in [-0.1, -0.05) is 12.1 Å². The molecule has 126 valence electrons. The number of ketones is 1. The number of phenols is 2. The van der Waals surface area contributed by atoms with Crippen LogP contribution in [0.3, 0.4) is 0 Å². The molecule has 0 unspecified atom stereocenters. The van der Waals surface area contributed by atoms with Crippen LogP contribution in [0.15, 0.2) is 36.4 Å². The van der Waals surface area contributed by atoms with E-state index >= 15 is 0 Å². The van der Waals surface area contributed by atoms with Crippen LogP contribution < -0.4 is 14.2 Å². The summed E-state index contributed by atoms with van der Waals surface area (Å²) in [7, 11) is 4.27. The molecule has 0 fully saturated rings. The molecule has 6 nitrogen and oxygen atoms in total. The van der Waals surface area contributed by atoms with Crippen LogP contribution in [0.5, 0.6) is 28.7 Å². The number of methoxy groups -OCH3 is 3. The highest BCUT2D eigenvalue weighted by Crippen LogP contribution is 2.39. The second-order valence-electron chi connectivity index (χ2n) is 4.83. The van der Waals surface area contributed by atoms with Crippen molar-refractivity contribution >= 4 is 11.9 Å². The fourth-order valence-electron chi connectivity index (χ4n) is 2.18. The molecular formula is C18H18O6. The van der Waals surface area contributed by atoms with Gasteiger partial charge in [-0.25, -0.2) is 0 Å². The Morgan fingerprint density at radius 2 is 1.62 bits per heavy atom. The number of carbonyl (C=O) groups excluding carboxylic acids is 1. The van der Waals surface area contributed by atoms with E-state index in [0.717, 1.165) is 0 Å². The maximum absolute atomic E-state index is 12.3. The molecule has 0 bridgehead atoms. The van der Waals surface area contributed by atoms with Gasteiger partial charge in [0, 0.05) is 0 Å². The first-order valence-electron chi connectivity index (χ1n) is 7.05. The van der Waals surface area contributed by atoms with Gasteiger partial charge in [-0.15, -0.1) is 0 Å². The number of hydrogen-bond acceptors (Lipinski definition) is 6. The number of benzene rings is 2. The van der Waals surface area contributed by atoms with Crippen molar-refractivity contribution in [1.82, 2.24) is 0 Å². The molecule has 2 aromatic rings. The quantitative estimate of drug-likeness (QED) is 0.625. The molecule has 0 atom stereocenters. The van der Waals surface area contributed by atoms with Gasteiger partial charge in [0.05, 0.1) is 26.9 Å². The third-order valence-corrected chi connectivity index (χ3v) is 3.41. The molecule has 2 N–H and O–H groups in total. The van der Waals surface area contributed by atoms with Crippen LogP contribution in [-0.2, 0) is 0 Å². The summed E-state index contributed by atoms with van der Waals surface area (Å²) in [6, 6.07) is 7.74. The van der Waals surface area contributed by atoms with Crippen molar-refractivity contribution in [2.24, 2.45) is 0 Å². The minimum absolute atomic E-state index is 0.0268. The Hall–Kier alpha value is -3.15. The van der Waals surface area contributed by atoms with Gasteiger partial charge in [-0.05, 0) is 35.9 Å². The lowest BCUT2D eigenvalue weighted by atomic mass is 10.1. The lowest BCUT2D eigenvalue weighted by Crippen LogP contribution is -1.99. The van der Waals surface area contributed by atoms with Gasteiger partial charge in [0.15, 0.2) is 28.8 Å². The summed E-state index contributed by atoms with van der Waals surface area (Å²) < 4.78 is 15.1. The summed E-state index contributed by atoms with van der Waals surface area (Å²) in [5.41, 5.74) is 0.697. The third kappa shape index (κ3) is 3.43. The molecule has 0 aliphatic carbocycles. The fraction of sp³-hybridized carbons (Fsp3) is 0.167. The van der Waals surface area contributed by atoms with Crippen molar-refractivity contribution < 1.29 is 29.2 Å². The maximum atomic E-state index is 12.3. The number of aromatic hydroxyl groups is 2. The first-order valence-corrected chi connectivity index (χ1v) is 7.05. The standard InChI is InChI=1S/C18H18O6/c1-22-15-8-5-11(10-14(15)20)4-7-13(19)12-6-9-16(23-2)18(24-3)17(12)21/h4-10,20-21H,1-3H3/b7-4+. The highest BCUT2D eigenvalue weighted by Gasteiger charge is 2.17. The van der Waals surface area contributed by atoms with E-state index in [4.69, 9.17) is 14.2 Å². The Morgan fingerprint density at radius 3 is 2.21 bits per heavy atom. The molecule has 0 aromatic heterocycles. The smallest absolute Gasteiger partial charge is 0.203 e. The zero-order valence-electron chi connectivity index (χ0n) is 13.6. The van der Waals surface area contributed by atoms with Gasteiger partial charge in [0.2, 0.25) is 5.75 Å². The number of allylic oxidation sites excluding steroid dienone is 1. The zero-order valence-corrected chi connectivity index (χ0v) is 13.6. The van der Waals surface area contributed by atoms with Gasteiger partial charge < -0.3 is 24.4 Å². The fourth-order valence-corrected chi connectivity index (χ4v) is 2.18. The molecule has 0 aliphatic heterocycles. The molecule has 0 radical (unpaired) electrons. The molecule has 0 spiro atoms. The second kappa shape index (κ2) is 7.41. The van der Waals surface area contributed by atoms with E-state index in [1.165, 1.54) is 45.6 Å². The number of ether oxygens (including phenoxy) is 3. The molecule has 24 heavy (non-hydrogen) atoms. The molecule has 0 saturated carbocycles. The summed E-state index contributed by atoms with van der Waals surface area (Å²) in [6.07, 6.45) is 2.82. The van der Waals surface area contributed by atoms with Gasteiger partial charge >= 0.3 is 0 Å². The Labute approximate surface area is 139 Å². The Bertz CT molecular complexity index is 779. The lowest BCUT2D eigenvalue weighted by molar-refractivity contribution is 0.104. The minimum Gasteiger partial charge on any atom is -0.504 e. The third-order valence-electron chi connectivity index (χ3n) is 3.41. The molecule has 0 aliphatic rings. The number of hydrogen-bond donors (Lipinski definition) is 2. The predicted octanol–water partition coefficient (Wildman–Crippen LogP) is 3.02.